The van der Waals surface area contributed by atoms with Crippen LogP contribution in [0.4, 0.5) is 0 Å². The Hall–Kier alpha value is -3.90. The Morgan fingerprint density at radius 2 is 1.81 bits per heavy atom. The maximum atomic E-state index is 12.7. The van der Waals surface area contributed by atoms with E-state index >= 15 is 0 Å². The van der Waals surface area contributed by atoms with Gasteiger partial charge in [-0.1, -0.05) is 42.5 Å². The summed E-state index contributed by atoms with van der Waals surface area (Å²) in [7, 11) is 0. The number of rotatable bonds is 7. The van der Waals surface area contributed by atoms with Crippen LogP contribution in [0.5, 0.6) is 11.5 Å². The second kappa shape index (κ2) is 10.2. The van der Waals surface area contributed by atoms with Crippen molar-refractivity contribution in [3.8, 4) is 22.6 Å². The molecule has 0 amide bonds. The summed E-state index contributed by atoms with van der Waals surface area (Å²) in [6.45, 7) is 6.37. The summed E-state index contributed by atoms with van der Waals surface area (Å²) < 4.78 is 18.1. The molecule has 5 rings (SSSR count). The van der Waals surface area contributed by atoms with E-state index in [0.29, 0.717) is 23.6 Å². The minimum absolute atomic E-state index is 0.0997. The molecule has 1 N–H and O–H groups in total. The fourth-order valence-electron chi connectivity index (χ4n) is 4.75. The standard InChI is InChI=1S/C31H31NO5/c1-31(2,3)37-29(30(33)34)28-25(19-36-22-11-5-4-6-12-22)32-24-14-8-7-13-23(24)27(28)21-15-16-26-20(18-21)10-9-17-35-26/h4-8,11-16,18,29H,9-10,17,19H2,1-3H3,(H,33,34)/t29-/m0/s1. The molecule has 6 heteroatoms. The monoisotopic (exact) mass is 497 g/mol. The Bertz CT molecular complexity index is 1430. The number of ether oxygens (including phenoxy) is 3. The number of hydrogen-bond donors (Lipinski definition) is 1. The van der Waals surface area contributed by atoms with Crippen LogP contribution in [0.15, 0.2) is 72.8 Å². The molecule has 0 saturated carbocycles. The molecule has 1 atom stereocenters. The molecule has 3 aromatic carbocycles. The molecule has 4 aromatic rings. The SMILES string of the molecule is CC(C)(C)O[C@H](C(=O)O)c1c(COc2ccccc2)nc2ccccc2c1-c1ccc2c(c1)CCCO2. The highest BCUT2D eigenvalue weighted by Gasteiger charge is 2.33. The molecule has 2 heterocycles. The maximum Gasteiger partial charge on any atom is 0.337 e. The highest BCUT2D eigenvalue weighted by atomic mass is 16.5. The van der Waals surface area contributed by atoms with Crippen molar-refractivity contribution in [2.45, 2.75) is 51.9 Å². The third-order valence-corrected chi connectivity index (χ3v) is 6.28. The highest BCUT2D eigenvalue weighted by Crippen LogP contribution is 2.41. The summed E-state index contributed by atoms with van der Waals surface area (Å²) in [6, 6.07) is 23.3. The van der Waals surface area contributed by atoms with Gasteiger partial charge in [-0.3, -0.25) is 0 Å². The number of aryl methyl sites for hydroxylation is 1. The van der Waals surface area contributed by atoms with E-state index in [1.54, 1.807) is 0 Å². The fourth-order valence-corrected chi connectivity index (χ4v) is 4.75. The van der Waals surface area contributed by atoms with Gasteiger partial charge in [0, 0.05) is 10.9 Å². The van der Waals surface area contributed by atoms with Gasteiger partial charge < -0.3 is 19.3 Å². The number of fused-ring (bicyclic) bond motifs is 2. The van der Waals surface area contributed by atoms with Crippen molar-refractivity contribution in [1.82, 2.24) is 4.98 Å². The zero-order valence-corrected chi connectivity index (χ0v) is 21.4. The Morgan fingerprint density at radius 3 is 2.57 bits per heavy atom. The molecule has 37 heavy (non-hydrogen) atoms. The van der Waals surface area contributed by atoms with Crippen LogP contribution < -0.4 is 9.47 Å². The number of aliphatic carboxylic acids is 1. The zero-order chi connectivity index (χ0) is 26.0. The summed E-state index contributed by atoms with van der Waals surface area (Å²) in [5.41, 5.74) is 3.91. The van der Waals surface area contributed by atoms with Gasteiger partial charge in [0.15, 0.2) is 6.10 Å². The first-order valence-corrected chi connectivity index (χ1v) is 12.6. The number of hydrogen-bond acceptors (Lipinski definition) is 5. The first kappa shape index (κ1) is 24.8. The molecule has 0 saturated heterocycles. The van der Waals surface area contributed by atoms with Gasteiger partial charge in [-0.2, -0.15) is 0 Å². The quantitative estimate of drug-likeness (QED) is 0.304. The number of carboxylic acid groups (broad SMARTS) is 1. The van der Waals surface area contributed by atoms with Crippen LogP contribution in [0, 0.1) is 0 Å². The molecular formula is C31H31NO5. The van der Waals surface area contributed by atoms with Gasteiger partial charge in [0.2, 0.25) is 0 Å². The van der Waals surface area contributed by atoms with Crippen LogP contribution in [0.1, 0.15) is 50.1 Å². The van der Waals surface area contributed by atoms with Crippen molar-refractivity contribution in [1.29, 1.82) is 0 Å². The molecule has 6 nitrogen and oxygen atoms in total. The molecule has 0 unspecified atom stereocenters. The van der Waals surface area contributed by atoms with E-state index in [2.05, 4.69) is 6.07 Å². The fraction of sp³-hybridized carbons (Fsp3) is 0.290. The van der Waals surface area contributed by atoms with Crippen LogP contribution >= 0.6 is 0 Å². The molecule has 0 radical (unpaired) electrons. The topological polar surface area (TPSA) is 77.9 Å². The van der Waals surface area contributed by atoms with Crippen LogP contribution in [0.25, 0.3) is 22.0 Å². The maximum absolute atomic E-state index is 12.7. The smallest absolute Gasteiger partial charge is 0.337 e. The first-order chi connectivity index (χ1) is 17.8. The number of para-hydroxylation sites is 2. The summed E-state index contributed by atoms with van der Waals surface area (Å²) in [5.74, 6) is 0.485. The molecule has 190 valence electrons. The Morgan fingerprint density at radius 1 is 1.05 bits per heavy atom. The van der Waals surface area contributed by atoms with E-state index in [-0.39, 0.29) is 6.61 Å². The van der Waals surface area contributed by atoms with Crippen LogP contribution in [0.3, 0.4) is 0 Å². The third kappa shape index (κ3) is 5.44. The number of nitrogens with zero attached hydrogens (tertiary/aromatic N) is 1. The number of carboxylic acids is 1. The normalized spacial score (nSPS) is 14.0. The lowest BCUT2D eigenvalue weighted by Crippen LogP contribution is -2.29. The molecule has 1 aliphatic heterocycles. The summed E-state index contributed by atoms with van der Waals surface area (Å²) in [4.78, 5) is 17.6. The van der Waals surface area contributed by atoms with Crippen LogP contribution in [0.2, 0.25) is 0 Å². The van der Waals surface area contributed by atoms with E-state index in [0.717, 1.165) is 46.2 Å². The van der Waals surface area contributed by atoms with Crippen molar-refractivity contribution >= 4 is 16.9 Å². The zero-order valence-electron chi connectivity index (χ0n) is 21.4. The van der Waals surface area contributed by atoms with Crippen molar-refractivity contribution < 1.29 is 24.1 Å². The lowest BCUT2D eigenvalue weighted by atomic mass is 9.89. The second-order valence-corrected chi connectivity index (χ2v) is 10.2. The molecule has 0 aliphatic carbocycles. The molecule has 0 fully saturated rings. The summed E-state index contributed by atoms with van der Waals surface area (Å²) >= 11 is 0. The lowest BCUT2D eigenvalue weighted by Gasteiger charge is -2.29. The van der Waals surface area contributed by atoms with Gasteiger partial charge >= 0.3 is 5.97 Å². The van der Waals surface area contributed by atoms with Crippen molar-refractivity contribution in [2.75, 3.05) is 6.61 Å². The van der Waals surface area contributed by atoms with E-state index in [1.807, 2.05) is 87.5 Å². The average Bonchev–Trinajstić information content (AvgIpc) is 2.89. The van der Waals surface area contributed by atoms with Gasteiger partial charge in [-0.25, -0.2) is 9.78 Å². The van der Waals surface area contributed by atoms with Gasteiger partial charge in [-0.05, 0) is 80.6 Å². The van der Waals surface area contributed by atoms with E-state index in [1.165, 1.54) is 0 Å². The van der Waals surface area contributed by atoms with Crippen LogP contribution in [-0.2, 0) is 22.6 Å². The number of benzene rings is 3. The highest BCUT2D eigenvalue weighted by molar-refractivity contribution is 5.98. The summed E-state index contributed by atoms with van der Waals surface area (Å²) in [6.07, 6.45) is 0.613. The molecule has 1 aromatic heterocycles. The Kier molecular flexibility index (Phi) is 6.85. The van der Waals surface area contributed by atoms with E-state index < -0.39 is 17.7 Å². The molecular weight excluding hydrogens is 466 g/mol. The Labute approximate surface area is 216 Å². The number of carbonyl (C=O) groups is 1. The van der Waals surface area contributed by atoms with Crippen molar-refractivity contribution in [3.63, 3.8) is 0 Å². The van der Waals surface area contributed by atoms with Crippen molar-refractivity contribution in [3.05, 3.63) is 89.6 Å². The molecule has 0 bridgehead atoms. The van der Waals surface area contributed by atoms with Gasteiger partial charge in [0.05, 0.1) is 23.4 Å². The van der Waals surface area contributed by atoms with Crippen LogP contribution in [-0.4, -0.2) is 28.3 Å². The minimum atomic E-state index is -1.24. The lowest BCUT2D eigenvalue weighted by molar-refractivity contribution is -0.160. The average molecular weight is 498 g/mol. The van der Waals surface area contributed by atoms with Gasteiger partial charge in [-0.15, -0.1) is 0 Å². The predicted molar refractivity (Wildman–Crippen MR) is 143 cm³/mol. The summed E-state index contributed by atoms with van der Waals surface area (Å²) in [5, 5.41) is 11.3. The van der Waals surface area contributed by atoms with E-state index in [9.17, 15) is 9.90 Å². The second-order valence-electron chi connectivity index (χ2n) is 10.2. The minimum Gasteiger partial charge on any atom is -0.493 e. The van der Waals surface area contributed by atoms with Gasteiger partial charge in [0.25, 0.3) is 0 Å². The van der Waals surface area contributed by atoms with Gasteiger partial charge in [0.1, 0.15) is 18.1 Å². The molecule has 0 spiro atoms. The number of pyridine rings is 1. The first-order valence-electron chi connectivity index (χ1n) is 12.6. The van der Waals surface area contributed by atoms with Crippen molar-refractivity contribution in [2.24, 2.45) is 0 Å². The molecule has 1 aliphatic rings. The third-order valence-electron chi connectivity index (χ3n) is 6.28. The largest absolute Gasteiger partial charge is 0.493 e. The Balaban J connectivity index is 1.76. The predicted octanol–water partition coefficient (Wildman–Crippen LogP) is 6.75. The van der Waals surface area contributed by atoms with E-state index in [4.69, 9.17) is 19.2 Å². The number of aromatic nitrogens is 1.